The number of carbonyl (C=O) groups is 1. The van der Waals surface area contributed by atoms with E-state index in [1.807, 2.05) is 0 Å². The summed E-state index contributed by atoms with van der Waals surface area (Å²) in [4.78, 5) is 12.1. The van der Waals surface area contributed by atoms with Crippen LogP contribution in [0.25, 0.3) is 0 Å². The second-order valence-electron chi connectivity index (χ2n) is 5.30. The van der Waals surface area contributed by atoms with E-state index in [-0.39, 0.29) is 23.0 Å². The molecule has 0 fully saturated rings. The number of hydrogen-bond donors (Lipinski definition) is 1. The number of aromatic nitrogens is 3. The van der Waals surface area contributed by atoms with Crippen molar-refractivity contribution >= 4 is 17.5 Å². The molecule has 3 rings (SSSR count). The average Bonchev–Trinajstić information content (AvgIpc) is 2.72. The first-order valence-corrected chi connectivity index (χ1v) is 7.67. The van der Waals surface area contributed by atoms with Crippen molar-refractivity contribution in [2.75, 3.05) is 0 Å². The standard InChI is InChI=1S/C15H16ClFN4O/c16-12-8-10(17)5-6-11(12)15(22)18-9-14-20-19-13-4-2-1-3-7-21(13)14/h5-6,8H,1-4,7,9H2,(H,18,22). The number of aryl methyl sites for hydroxylation is 1. The summed E-state index contributed by atoms with van der Waals surface area (Å²) in [6.07, 6.45) is 4.32. The van der Waals surface area contributed by atoms with Gasteiger partial charge in [-0.2, -0.15) is 0 Å². The van der Waals surface area contributed by atoms with Crippen LogP contribution in [0, 0.1) is 5.82 Å². The summed E-state index contributed by atoms with van der Waals surface area (Å²) in [5.74, 6) is 0.894. The normalized spacial score (nSPS) is 14.3. The summed E-state index contributed by atoms with van der Waals surface area (Å²) in [6.45, 7) is 1.16. The van der Waals surface area contributed by atoms with Gasteiger partial charge in [0.15, 0.2) is 5.82 Å². The Hall–Kier alpha value is -1.95. The van der Waals surface area contributed by atoms with Gasteiger partial charge in [0.25, 0.3) is 5.91 Å². The number of hydrogen-bond acceptors (Lipinski definition) is 3. The number of carbonyl (C=O) groups excluding carboxylic acids is 1. The molecule has 1 aliphatic rings. The van der Waals surface area contributed by atoms with Gasteiger partial charge in [-0.25, -0.2) is 4.39 Å². The fraction of sp³-hybridized carbons (Fsp3) is 0.400. The Bertz CT molecular complexity index is 701. The van der Waals surface area contributed by atoms with Gasteiger partial charge in [-0.15, -0.1) is 10.2 Å². The molecule has 1 aromatic heterocycles. The number of rotatable bonds is 3. The number of benzene rings is 1. The zero-order valence-electron chi connectivity index (χ0n) is 12.0. The van der Waals surface area contributed by atoms with E-state index in [1.54, 1.807) is 0 Å². The molecule has 1 aliphatic heterocycles. The van der Waals surface area contributed by atoms with Crippen LogP contribution in [0.4, 0.5) is 4.39 Å². The Morgan fingerprint density at radius 3 is 3.00 bits per heavy atom. The summed E-state index contributed by atoms with van der Waals surface area (Å²) in [7, 11) is 0. The maximum Gasteiger partial charge on any atom is 0.253 e. The first-order chi connectivity index (χ1) is 10.6. The lowest BCUT2D eigenvalue weighted by atomic mass is 10.2. The third kappa shape index (κ3) is 3.11. The van der Waals surface area contributed by atoms with E-state index in [2.05, 4.69) is 20.1 Å². The van der Waals surface area contributed by atoms with Crippen molar-refractivity contribution in [2.24, 2.45) is 0 Å². The van der Waals surface area contributed by atoms with Gasteiger partial charge in [0.1, 0.15) is 11.6 Å². The molecule has 0 aliphatic carbocycles. The molecular weight excluding hydrogens is 307 g/mol. The number of nitrogens with one attached hydrogen (secondary N) is 1. The molecule has 22 heavy (non-hydrogen) atoms. The van der Waals surface area contributed by atoms with Crippen molar-refractivity contribution in [1.29, 1.82) is 0 Å². The topological polar surface area (TPSA) is 59.8 Å². The van der Waals surface area contributed by atoms with Gasteiger partial charge in [-0.05, 0) is 31.0 Å². The maximum absolute atomic E-state index is 13.0. The first-order valence-electron chi connectivity index (χ1n) is 7.29. The van der Waals surface area contributed by atoms with Crippen LogP contribution >= 0.6 is 11.6 Å². The lowest BCUT2D eigenvalue weighted by Gasteiger charge is -2.09. The van der Waals surface area contributed by atoms with Crippen LogP contribution in [0.2, 0.25) is 5.02 Å². The molecule has 2 aromatic rings. The van der Waals surface area contributed by atoms with Gasteiger partial charge < -0.3 is 9.88 Å². The minimum atomic E-state index is -0.468. The summed E-state index contributed by atoms with van der Waals surface area (Å²) in [5, 5.41) is 11.2. The fourth-order valence-electron chi connectivity index (χ4n) is 2.60. The molecule has 0 unspecified atom stereocenters. The largest absolute Gasteiger partial charge is 0.345 e. The molecule has 7 heteroatoms. The molecular formula is C15H16ClFN4O. The van der Waals surface area contributed by atoms with Gasteiger partial charge in [0, 0.05) is 13.0 Å². The average molecular weight is 323 g/mol. The number of nitrogens with zero attached hydrogens (tertiary/aromatic N) is 3. The Kier molecular flexibility index (Phi) is 4.38. The molecule has 0 bridgehead atoms. The number of fused-ring (bicyclic) bond motifs is 1. The van der Waals surface area contributed by atoms with E-state index in [4.69, 9.17) is 11.6 Å². The third-order valence-electron chi connectivity index (χ3n) is 3.77. The maximum atomic E-state index is 13.0. The fourth-order valence-corrected chi connectivity index (χ4v) is 2.86. The Morgan fingerprint density at radius 1 is 1.32 bits per heavy atom. The van der Waals surface area contributed by atoms with E-state index >= 15 is 0 Å². The Balaban J connectivity index is 1.70. The predicted octanol–water partition coefficient (Wildman–Crippen LogP) is 2.73. The molecule has 2 heterocycles. The lowest BCUT2D eigenvalue weighted by Crippen LogP contribution is -2.25. The van der Waals surface area contributed by atoms with Crippen molar-refractivity contribution < 1.29 is 9.18 Å². The van der Waals surface area contributed by atoms with E-state index in [0.29, 0.717) is 0 Å². The molecule has 5 nitrogen and oxygen atoms in total. The molecule has 0 saturated heterocycles. The third-order valence-corrected chi connectivity index (χ3v) is 4.08. The van der Waals surface area contributed by atoms with Crippen molar-refractivity contribution in [3.05, 3.63) is 46.3 Å². The molecule has 0 radical (unpaired) electrons. The van der Waals surface area contributed by atoms with Crippen LogP contribution in [0.15, 0.2) is 18.2 Å². The molecule has 0 atom stereocenters. The van der Waals surface area contributed by atoms with Crippen molar-refractivity contribution in [3.63, 3.8) is 0 Å². The molecule has 0 saturated carbocycles. The molecule has 116 valence electrons. The zero-order valence-corrected chi connectivity index (χ0v) is 12.7. The van der Waals surface area contributed by atoms with Crippen LogP contribution in [-0.2, 0) is 19.5 Å². The van der Waals surface area contributed by atoms with Crippen LogP contribution in [-0.4, -0.2) is 20.7 Å². The SMILES string of the molecule is O=C(NCc1nnc2n1CCCCC2)c1ccc(F)cc1Cl. The highest BCUT2D eigenvalue weighted by atomic mass is 35.5. The van der Waals surface area contributed by atoms with Gasteiger partial charge in [-0.3, -0.25) is 4.79 Å². The molecule has 1 amide bonds. The second-order valence-corrected chi connectivity index (χ2v) is 5.71. The first kappa shape index (κ1) is 15.0. The summed E-state index contributed by atoms with van der Waals surface area (Å²) >= 11 is 5.89. The highest BCUT2D eigenvalue weighted by Crippen LogP contribution is 2.18. The van der Waals surface area contributed by atoms with Gasteiger partial charge >= 0.3 is 0 Å². The minimum Gasteiger partial charge on any atom is -0.345 e. The summed E-state index contributed by atoms with van der Waals surface area (Å²) < 4.78 is 15.1. The second kappa shape index (κ2) is 6.44. The number of halogens is 2. The molecule has 1 N–H and O–H groups in total. The molecule has 0 spiro atoms. The molecule has 1 aromatic carbocycles. The van der Waals surface area contributed by atoms with Crippen molar-refractivity contribution in [1.82, 2.24) is 20.1 Å². The highest BCUT2D eigenvalue weighted by molar-refractivity contribution is 6.33. The van der Waals surface area contributed by atoms with Crippen LogP contribution in [0.5, 0.6) is 0 Å². The quantitative estimate of drug-likeness (QED) is 0.945. The highest BCUT2D eigenvalue weighted by Gasteiger charge is 2.16. The summed E-state index contributed by atoms with van der Waals surface area (Å²) in [5.41, 5.74) is 0.249. The zero-order chi connectivity index (χ0) is 15.5. The van der Waals surface area contributed by atoms with Gasteiger partial charge in [-0.1, -0.05) is 18.0 Å². The minimum absolute atomic E-state index is 0.0950. The van der Waals surface area contributed by atoms with Crippen molar-refractivity contribution in [3.8, 4) is 0 Å². The van der Waals surface area contributed by atoms with E-state index in [1.165, 1.54) is 18.6 Å². The van der Waals surface area contributed by atoms with E-state index in [0.717, 1.165) is 43.5 Å². The van der Waals surface area contributed by atoms with E-state index in [9.17, 15) is 9.18 Å². The lowest BCUT2D eigenvalue weighted by molar-refractivity contribution is 0.0949. The Morgan fingerprint density at radius 2 is 2.18 bits per heavy atom. The van der Waals surface area contributed by atoms with Crippen LogP contribution in [0.3, 0.4) is 0 Å². The summed E-state index contributed by atoms with van der Waals surface area (Å²) in [6, 6.07) is 3.71. The van der Waals surface area contributed by atoms with E-state index < -0.39 is 5.82 Å². The van der Waals surface area contributed by atoms with Crippen LogP contribution in [0.1, 0.15) is 41.3 Å². The monoisotopic (exact) mass is 322 g/mol. The Labute approximate surface area is 132 Å². The van der Waals surface area contributed by atoms with Gasteiger partial charge in [0.05, 0.1) is 17.1 Å². The van der Waals surface area contributed by atoms with Crippen molar-refractivity contribution in [2.45, 2.75) is 38.8 Å². The smallest absolute Gasteiger partial charge is 0.253 e. The van der Waals surface area contributed by atoms with Crippen LogP contribution < -0.4 is 5.32 Å². The predicted molar refractivity (Wildman–Crippen MR) is 80.2 cm³/mol. The number of amides is 1. The van der Waals surface area contributed by atoms with Gasteiger partial charge in [0.2, 0.25) is 0 Å².